The summed E-state index contributed by atoms with van der Waals surface area (Å²) in [5.41, 5.74) is 1.75. The number of aryl methyl sites for hydroxylation is 1. The van der Waals surface area contributed by atoms with Crippen LogP contribution in [-0.2, 0) is 0 Å². The van der Waals surface area contributed by atoms with E-state index in [0.717, 1.165) is 31.7 Å². The molecule has 1 atom stereocenters. The summed E-state index contributed by atoms with van der Waals surface area (Å²) in [6.45, 7) is 4.89. The molecule has 1 saturated heterocycles. The number of phenolic OH excluding ortho intramolecular Hbond substituents is 1. The van der Waals surface area contributed by atoms with Gasteiger partial charge in [-0.2, -0.15) is 0 Å². The first kappa shape index (κ1) is 12.3. The molecule has 0 bridgehead atoms. The lowest BCUT2D eigenvalue weighted by atomic mass is 10.0. The minimum Gasteiger partial charge on any atom is -0.508 e. The molecular formula is C13H19FN2O. The number of hydrogen-bond donors (Lipinski definition) is 2. The fourth-order valence-corrected chi connectivity index (χ4v) is 2.31. The Morgan fingerprint density at radius 3 is 2.76 bits per heavy atom. The van der Waals surface area contributed by atoms with Crippen molar-refractivity contribution in [3.63, 3.8) is 0 Å². The molecule has 0 unspecified atom stereocenters. The highest BCUT2D eigenvalue weighted by Gasteiger charge is 2.24. The van der Waals surface area contributed by atoms with Gasteiger partial charge in [0.2, 0.25) is 0 Å². The second kappa shape index (κ2) is 5.47. The van der Waals surface area contributed by atoms with Crippen molar-refractivity contribution in [1.82, 2.24) is 10.2 Å². The first-order valence-corrected chi connectivity index (χ1v) is 6.02. The first-order chi connectivity index (χ1) is 8.22. The van der Waals surface area contributed by atoms with Crippen molar-refractivity contribution < 1.29 is 9.50 Å². The summed E-state index contributed by atoms with van der Waals surface area (Å²) in [4.78, 5) is 2.09. The number of piperazine rings is 1. The van der Waals surface area contributed by atoms with Gasteiger partial charge in [0, 0.05) is 31.7 Å². The summed E-state index contributed by atoms with van der Waals surface area (Å²) < 4.78 is 13.3. The molecule has 0 aromatic heterocycles. The maximum Gasteiger partial charge on any atom is 0.120 e. The Kier molecular flexibility index (Phi) is 3.97. The summed E-state index contributed by atoms with van der Waals surface area (Å²) in [5.74, 6) is 0.191. The molecular weight excluding hydrogens is 219 g/mol. The Balaban J connectivity index is 2.24. The van der Waals surface area contributed by atoms with Crippen molar-refractivity contribution in [3.8, 4) is 5.75 Å². The van der Waals surface area contributed by atoms with Crippen LogP contribution in [0, 0.1) is 6.92 Å². The predicted molar refractivity (Wildman–Crippen MR) is 66.0 cm³/mol. The van der Waals surface area contributed by atoms with E-state index in [9.17, 15) is 9.50 Å². The number of phenols is 1. The zero-order valence-corrected chi connectivity index (χ0v) is 10.1. The van der Waals surface area contributed by atoms with Crippen LogP contribution in [0.5, 0.6) is 5.75 Å². The van der Waals surface area contributed by atoms with E-state index in [1.54, 1.807) is 6.07 Å². The molecule has 4 heteroatoms. The Labute approximate surface area is 101 Å². The lowest BCUT2D eigenvalue weighted by Gasteiger charge is -2.34. The third kappa shape index (κ3) is 2.76. The van der Waals surface area contributed by atoms with Gasteiger partial charge in [-0.15, -0.1) is 0 Å². The number of benzene rings is 1. The van der Waals surface area contributed by atoms with E-state index in [2.05, 4.69) is 10.2 Å². The molecule has 2 rings (SSSR count). The van der Waals surface area contributed by atoms with Gasteiger partial charge in [-0.1, -0.05) is 17.7 Å². The molecule has 0 radical (unpaired) electrons. The van der Waals surface area contributed by atoms with E-state index in [0.29, 0.717) is 5.56 Å². The maximum absolute atomic E-state index is 13.3. The normalized spacial score (nSPS) is 19.2. The number of hydrogen-bond acceptors (Lipinski definition) is 3. The van der Waals surface area contributed by atoms with Crippen LogP contribution in [0.2, 0.25) is 0 Å². The molecule has 3 nitrogen and oxygen atoms in total. The number of nitrogens with one attached hydrogen (secondary N) is 1. The molecule has 0 aliphatic carbocycles. The van der Waals surface area contributed by atoms with Crippen molar-refractivity contribution in [1.29, 1.82) is 0 Å². The topological polar surface area (TPSA) is 35.5 Å². The van der Waals surface area contributed by atoms with Crippen molar-refractivity contribution in [2.75, 3.05) is 32.9 Å². The number of aromatic hydroxyl groups is 1. The fourth-order valence-electron chi connectivity index (χ4n) is 2.31. The van der Waals surface area contributed by atoms with Gasteiger partial charge < -0.3 is 10.4 Å². The Bertz CT molecular complexity index is 378. The standard InChI is InChI=1S/C13H19FN2O/c1-10-2-3-13(17)11(8-10)12(9-14)16-6-4-15-5-7-16/h2-3,8,12,15,17H,4-7,9H2,1H3/t12-/m0/s1. The number of rotatable bonds is 3. The van der Waals surface area contributed by atoms with Crippen molar-refractivity contribution in [3.05, 3.63) is 29.3 Å². The van der Waals surface area contributed by atoms with Gasteiger partial charge in [0.15, 0.2) is 0 Å². The molecule has 1 heterocycles. The zero-order valence-electron chi connectivity index (χ0n) is 10.1. The largest absolute Gasteiger partial charge is 0.508 e. The molecule has 2 N–H and O–H groups in total. The number of alkyl halides is 1. The lowest BCUT2D eigenvalue weighted by molar-refractivity contribution is 0.145. The van der Waals surface area contributed by atoms with E-state index in [4.69, 9.17) is 0 Å². The first-order valence-electron chi connectivity index (χ1n) is 6.02. The molecule has 1 aromatic carbocycles. The Morgan fingerprint density at radius 1 is 1.41 bits per heavy atom. The van der Waals surface area contributed by atoms with Crippen molar-refractivity contribution in [2.45, 2.75) is 13.0 Å². The molecule has 0 saturated carbocycles. The quantitative estimate of drug-likeness (QED) is 0.840. The minimum absolute atomic E-state index is 0.191. The van der Waals surface area contributed by atoms with Gasteiger partial charge in [0.05, 0.1) is 6.04 Å². The zero-order chi connectivity index (χ0) is 12.3. The van der Waals surface area contributed by atoms with Crippen LogP contribution >= 0.6 is 0 Å². The lowest BCUT2D eigenvalue weighted by Crippen LogP contribution is -2.45. The third-order valence-electron chi connectivity index (χ3n) is 3.28. The molecule has 1 aromatic rings. The second-order valence-electron chi connectivity index (χ2n) is 4.52. The molecule has 0 amide bonds. The summed E-state index contributed by atoms with van der Waals surface area (Å²) in [6, 6.07) is 5.04. The number of nitrogens with zero attached hydrogens (tertiary/aromatic N) is 1. The van der Waals surface area contributed by atoms with Crippen LogP contribution in [0.4, 0.5) is 4.39 Å². The van der Waals surface area contributed by atoms with Gasteiger partial charge in [0.1, 0.15) is 12.4 Å². The number of halogens is 1. The van der Waals surface area contributed by atoms with Gasteiger partial charge in [-0.25, -0.2) is 4.39 Å². The monoisotopic (exact) mass is 238 g/mol. The molecule has 0 spiro atoms. The molecule has 17 heavy (non-hydrogen) atoms. The second-order valence-corrected chi connectivity index (χ2v) is 4.52. The van der Waals surface area contributed by atoms with E-state index in [1.165, 1.54) is 0 Å². The van der Waals surface area contributed by atoms with E-state index < -0.39 is 6.67 Å². The average Bonchev–Trinajstić information content (AvgIpc) is 2.36. The summed E-state index contributed by atoms with van der Waals surface area (Å²) in [5, 5.41) is 13.1. The highest BCUT2D eigenvalue weighted by Crippen LogP contribution is 2.30. The summed E-state index contributed by atoms with van der Waals surface area (Å²) >= 11 is 0. The highest BCUT2D eigenvalue weighted by atomic mass is 19.1. The van der Waals surface area contributed by atoms with Gasteiger partial charge in [0.25, 0.3) is 0 Å². The highest BCUT2D eigenvalue weighted by molar-refractivity contribution is 5.38. The van der Waals surface area contributed by atoms with E-state index in [-0.39, 0.29) is 11.8 Å². The van der Waals surface area contributed by atoms with Gasteiger partial charge >= 0.3 is 0 Å². The molecule has 1 fully saturated rings. The van der Waals surface area contributed by atoms with Crippen LogP contribution in [-0.4, -0.2) is 42.9 Å². The minimum atomic E-state index is -0.461. The van der Waals surface area contributed by atoms with E-state index >= 15 is 0 Å². The Hall–Kier alpha value is -1.13. The van der Waals surface area contributed by atoms with Gasteiger partial charge in [-0.05, 0) is 13.0 Å². The van der Waals surface area contributed by atoms with Crippen LogP contribution in [0.15, 0.2) is 18.2 Å². The fraction of sp³-hybridized carbons (Fsp3) is 0.538. The van der Waals surface area contributed by atoms with Gasteiger partial charge in [-0.3, -0.25) is 4.90 Å². The third-order valence-corrected chi connectivity index (χ3v) is 3.28. The summed E-state index contributed by atoms with van der Waals surface area (Å²) in [7, 11) is 0. The smallest absolute Gasteiger partial charge is 0.120 e. The molecule has 1 aliphatic heterocycles. The van der Waals surface area contributed by atoms with Crippen LogP contribution < -0.4 is 5.32 Å². The van der Waals surface area contributed by atoms with Crippen LogP contribution in [0.25, 0.3) is 0 Å². The molecule has 94 valence electrons. The van der Waals surface area contributed by atoms with Crippen LogP contribution in [0.1, 0.15) is 17.2 Å². The SMILES string of the molecule is Cc1ccc(O)c([C@H](CF)N2CCNCC2)c1. The van der Waals surface area contributed by atoms with Crippen molar-refractivity contribution in [2.24, 2.45) is 0 Å². The van der Waals surface area contributed by atoms with E-state index in [1.807, 2.05) is 19.1 Å². The molecule has 1 aliphatic rings. The van der Waals surface area contributed by atoms with Crippen molar-refractivity contribution >= 4 is 0 Å². The maximum atomic E-state index is 13.3. The predicted octanol–water partition coefficient (Wildman–Crippen LogP) is 1.62. The summed E-state index contributed by atoms with van der Waals surface area (Å²) in [6.07, 6.45) is 0. The average molecular weight is 238 g/mol. The Morgan fingerprint density at radius 2 is 2.12 bits per heavy atom. The van der Waals surface area contributed by atoms with Crippen LogP contribution in [0.3, 0.4) is 0 Å².